The SMILES string of the molecule is CC(C)Nc1ncc(C(=O)N2CCCn3nc([C@@H](C)O)cc3C2)cn1. The van der Waals surface area contributed by atoms with Crippen LogP contribution >= 0.6 is 0 Å². The lowest BCUT2D eigenvalue weighted by Gasteiger charge is -2.20. The number of carbonyl (C=O) groups excluding carboxylic acids is 1. The molecule has 0 bridgehead atoms. The molecule has 0 saturated heterocycles. The van der Waals surface area contributed by atoms with Gasteiger partial charge in [-0.1, -0.05) is 0 Å². The summed E-state index contributed by atoms with van der Waals surface area (Å²) >= 11 is 0. The van der Waals surface area contributed by atoms with E-state index in [1.165, 1.54) is 0 Å². The van der Waals surface area contributed by atoms with E-state index in [9.17, 15) is 9.90 Å². The molecule has 0 saturated carbocycles. The molecule has 2 N–H and O–H groups in total. The van der Waals surface area contributed by atoms with Crippen LogP contribution in [0.3, 0.4) is 0 Å². The third-order valence-electron chi connectivity index (χ3n) is 4.06. The number of rotatable bonds is 4. The van der Waals surface area contributed by atoms with Crippen molar-refractivity contribution in [3.05, 3.63) is 35.4 Å². The standard InChI is InChI=1S/C17H24N6O2/c1-11(2)20-17-18-8-13(9-19-17)16(25)22-5-4-6-23-14(10-22)7-15(21-23)12(3)24/h7-9,11-12,24H,4-6,10H2,1-3H3,(H,18,19,20)/t12-/m1/s1. The molecule has 0 fully saturated rings. The van der Waals surface area contributed by atoms with Gasteiger partial charge in [-0.3, -0.25) is 9.48 Å². The molecule has 1 amide bonds. The van der Waals surface area contributed by atoms with E-state index in [0.717, 1.165) is 18.7 Å². The highest BCUT2D eigenvalue weighted by atomic mass is 16.3. The van der Waals surface area contributed by atoms with Crippen molar-refractivity contribution >= 4 is 11.9 Å². The van der Waals surface area contributed by atoms with Gasteiger partial charge in [0.2, 0.25) is 5.95 Å². The number of hydrogen-bond donors (Lipinski definition) is 2. The van der Waals surface area contributed by atoms with E-state index in [1.54, 1.807) is 24.2 Å². The lowest BCUT2D eigenvalue weighted by atomic mass is 10.2. The van der Waals surface area contributed by atoms with Crippen molar-refractivity contribution < 1.29 is 9.90 Å². The van der Waals surface area contributed by atoms with Gasteiger partial charge in [-0.05, 0) is 33.3 Å². The maximum absolute atomic E-state index is 12.8. The topological polar surface area (TPSA) is 96.2 Å². The molecule has 134 valence electrons. The maximum atomic E-state index is 12.8. The summed E-state index contributed by atoms with van der Waals surface area (Å²) in [6.07, 6.45) is 3.32. The van der Waals surface area contributed by atoms with Gasteiger partial charge < -0.3 is 15.3 Å². The van der Waals surface area contributed by atoms with E-state index >= 15 is 0 Å². The number of aryl methyl sites for hydroxylation is 1. The molecule has 1 aliphatic heterocycles. The van der Waals surface area contributed by atoms with Crippen LogP contribution < -0.4 is 5.32 Å². The van der Waals surface area contributed by atoms with E-state index in [1.807, 2.05) is 24.6 Å². The average molecular weight is 344 g/mol. The summed E-state index contributed by atoms with van der Waals surface area (Å²) in [5, 5.41) is 17.2. The first-order chi connectivity index (χ1) is 11.9. The predicted octanol–water partition coefficient (Wildman–Crippen LogP) is 1.59. The van der Waals surface area contributed by atoms with E-state index < -0.39 is 6.10 Å². The molecule has 2 aromatic rings. The van der Waals surface area contributed by atoms with Gasteiger partial charge in [0.05, 0.1) is 29.6 Å². The predicted molar refractivity (Wildman–Crippen MR) is 93.0 cm³/mol. The van der Waals surface area contributed by atoms with Crippen molar-refractivity contribution in [2.45, 2.75) is 52.4 Å². The number of carbonyl (C=O) groups is 1. The van der Waals surface area contributed by atoms with Gasteiger partial charge in [0.1, 0.15) is 0 Å². The summed E-state index contributed by atoms with van der Waals surface area (Å²) in [4.78, 5) is 23.0. The quantitative estimate of drug-likeness (QED) is 0.874. The largest absolute Gasteiger partial charge is 0.387 e. The molecule has 8 heteroatoms. The highest BCUT2D eigenvalue weighted by Crippen LogP contribution is 2.19. The fourth-order valence-electron chi connectivity index (χ4n) is 2.82. The van der Waals surface area contributed by atoms with Crippen molar-refractivity contribution in [1.29, 1.82) is 0 Å². The zero-order valence-electron chi connectivity index (χ0n) is 14.8. The number of amides is 1. The molecular weight excluding hydrogens is 320 g/mol. The molecule has 0 aromatic carbocycles. The Balaban J connectivity index is 1.75. The monoisotopic (exact) mass is 344 g/mol. The van der Waals surface area contributed by atoms with E-state index in [4.69, 9.17) is 0 Å². The second kappa shape index (κ2) is 7.18. The number of hydrogen-bond acceptors (Lipinski definition) is 6. The normalized spacial score (nSPS) is 15.6. The van der Waals surface area contributed by atoms with Crippen molar-refractivity contribution in [2.24, 2.45) is 0 Å². The molecule has 3 heterocycles. The number of anilines is 1. The van der Waals surface area contributed by atoms with Crippen LogP contribution in [0.2, 0.25) is 0 Å². The number of nitrogens with zero attached hydrogens (tertiary/aromatic N) is 5. The Morgan fingerprint density at radius 2 is 1.96 bits per heavy atom. The second-order valence-electron chi connectivity index (χ2n) is 6.63. The van der Waals surface area contributed by atoms with E-state index in [0.29, 0.717) is 30.3 Å². The minimum Gasteiger partial charge on any atom is -0.387 e. The van der Waals surface area contributed by atoms with Gasteiger partial charge in [-0.2, -0.15) is 5.10 Å². The first kappa shape index (κ1) is 17.3. The minimum atomic E-state index is -0.613. The lowest BCUT2D eigenvalue weighted by Crippen LogP contribution is -2.31. The van der Waals surface area contributed by atoms with Crippen molar-refractivity contribution in [3.8, 4) is 0 Å². The van der Waals surface area contributed by atoms with Gasteiger partial charge in [0, 0.05) is 31.5 Å². The van der Waals surface area contributed by atoms with Crippen molar-refractivity contribution in [2.75, 3.05) is 11.9 Å². The van der Waals surface area contributed by atoms with Gasteiger partial charge in [0.25, 0.3) is 5.91 Å². The Kier molecular flexibility index (Phi) is 4.98. The molecule has 0 unspecified atom stereocenters. The second-order valence-corrected chi connectivity index (χ2v) is 6.63. The van der Waals surface area contributed by atoms with Crippen LogP contribution in [-0.4, -0.2) is 48.2 Å². The number of aromatic nitrogens is 4. The number of fused-ring (bicyclic) bond motifs is 1. The van der Waals surface area contributed by atoms with Gasteiger partial charge in [0.15, 0.2) is 0 Å². The molecular formula is C17H24N6O2. The summed E-state index contributed by atoms with van der Waals surface area (Å²) in [6, 6.07) is 2.10. The summed E-state index contributed by atoms with van der Waals surface area (Å²) in [6.45, 7) is 7.55. The first-order valence-corrected chi connectivity index (χ1v) is 8.56. The van der Waals surface area contributed by atoms with Gasteiger partial charge >= 0.3 is 0 Å². The fraction of sp³-hybridized carbons (Fsp3) is 0.529. The Morgan fingerprint density at radius 3 is 2.60 bits per heavy atom. The zero-order valence-corrected chi connectivity index (χ0v) is 14.8. The van der Waals surface area contributed by atoms with Crippen LogP contribution in [-0.2, 0) is 13.1 Å². The van der Waals surface area contributed by atoms with E-state index in [2.05, 4.69) is 20.4 Å². The van der Waals surface area contributed by atoms with Crippen LogP contribution in [0.15, 0.2) is 18.5 Å². The first-order valence-electron chi connectivity index (χ1n) is 8.56. The maximum Gasteiger partial charge on any atom is 0.257 e. The van der Waals surface area contributed by atoms with Crippen LogP contribution in [0.5, 0.6) is 0 Å². The van der Waals surface area contributed by atoms with Crippen LogP contribution in [0.25, 0.3) is 0 Å². The Labute approximate surface area is 146 Å². The highest BCUT2D eigenvalue weighted by Gasteiger charge is 2.23. The number of aliphatic hydroxyl groups excluding tert-OH is 1. The fourth-order valence-corrected chi connectivity index (χ4v) is 2.82. The third kappa shape index (κ3) is 3.96. The molecule has 0 spiro atoms. The number of nitrogens with one attached hydrogen (secondary N) is 1. The van der Waals surface area contributed by atoms with Crippen LogP contribution in [0.1, 0.15) is 55.0 Å². The van der Waals surface area contributed by atoms with Gasteiger partial charge in [-0.25, -0.2) is 9.97 Å². The molecule has 1 atom stereocenters. The average Bonchev–Trinajstić information content (AvgIpc) is 2.87. The van der Waals surface area contributed by atoms with Gasteiger partial charge in [-0.15, -0.1) is 0 Å². The zero-order chi connectivity index (χ0) is 18.0. The van der Waals surface area contributed by atoms with E-state index in [-0.39, 0.29) is 11.9 Å². The minimum absolute atomic E-state index is 0.0932. The lowest BCUT2D eigenvalue weighted by molar-refractivity contribution is 0.0745. The summed E-state index contributed by atoms with van der Waals surface area (Å²) < 4.78 is 1.88. The molecule has 2 aromatic heterocycles. The molecule has 0 aliphatic carbocycles. The summed E-state index contributed by atoms with van der Waals surface area (Å²) in [5.41, 5.74) is 2.04. The number of aliphatic hydroxyl groups is 1. The smallest absolute Gasteiger partial charge is 0.257 e. The molecule has 8 nitrogen and oxygen atoms in total. The molecule has 0 radical (unpaired) electrons. The molecule has 3 rings (SSSR count). The van der Waals surface area contributed by atoms with Crippen LogP contribution in [0, 0.1) is 0 Å². The highest BCUT2D eigenvalue weighted by molar-refractivity contribution is 5.93. The Bertz CT molecular complexity index is 738. The third-order valence-corrected chi connectivity index (χ3v) is 4.06. The van der Waals surface area contributed by atoms with Crippen LogP contribution in [0.4, 0.5) is 5.95 Å². The van der Waals surface area contributed by atoms with Crippen molar-refractivity contribution in [1.82, 2.24) is 24.6 Å². The van der Waals surface area contributed by atoms with Crippen molar-refractivity contribution in [3.63, 3.8) is 0 Å². The summed E-state index contributed by atoms with van der Waals surface area (Å²) in [5.74, 6) is 0.423. The molecule has 1 aliphatic rings. The Hall–Kier alpha value is -2.48. The molecule has 25 heavy (non-hydrogen) atoms. The summed E-state index contributed by atoms with van der Waals surface area (Å²) in [7, 11) is 0. The Morgan fingerprint density at radius 1 is 1.24 bits per heavy atom.